The maximum absolute atomic E-state index is 12.8. The smallest absolute Gasteiger partial charge is 0.288 e. The monoisotopic (exact) mass is 417 g/mol. The van der Waals surface area contributed by atoms with Crippen LogP contribution in [0.25, 0.3) is 4.96 Å². The molecule has 0 aliphatic carbocycles. The molecule has 4 rings (SSSR count). The van der Waals surface area contributed by atoms with Crippen molar-refractivity contribution in [2.24, 2.45) is 5.92 Å². The molecule has 0 unspecified atom stereocenters. The van der Waals surface area contributed by atoms with E-state index in [1.165, 1.54) is 28.5 Å². The standard InChI is InChI=1S/C19H20ClN5O2S/c1-11-4-3-7-24(10-11)19-23-25-17(27)14(9-21-18(25)28-19)16(26)22-15-6-5-13(20)8-12(15)2/h5-6,8-9,11H,3-4,7,10H2,1-2H3,(H,22,26)/t11-/m1/s1. The molecule has 1 amide bonds. The van der Waals surface area contributed by atoms with E-state index in [9.17, 15) is 9.59 Å². The Hall–Kier alpha value is -2.45. The van der Waals surface area contributed by atoms with E-state index in [2.05, 4.69) is 27.2 Å². The first-order valence-corrected chi connectivity index (χ1v) is 10.3. The van der Waals surface area contributed by atoms with E-state index in [4.69, 9.17) is 11.6 Å². The van der Waals surface area contributed by atoms with Crippen LogP contribution in [-0.4, -0.2) is 33.6 Å². The minimum Gasteiger partial charge on any atom is -0.346 e. The molecule has 1 atom stereocenters. The molecule has 0 spiro atoms. The van der Waals surface area contributed by atoms with Crippen LogP contribution in [0.15, 0.2) is 29.2 Å². The van der Waals surface area contributed by atoms with Gasteiger partial charge in [-0.2, -0.15) is 4.52 Å². The van der Waals surface area contributed by atoms with E-state index in [1.807, 2.05) is 6.92 Å². The van der Waals surface area contributed by atoms with Crippen LogP contribution in [0.5, 0.6) is 0 Å². The van der Waals surface area contributed by atoms with E-state index in [1.54, 1.807) is 18.2 Å². The van der Waals surface area contributed by atoms with Gasteiger partial charge < -0.3 is 10.2 Å². The number of anilines is 2. The van der Waals surface area contributed by atoms with Gasteiger partial charge in [0.05, 0.1) is 0 Å². The molecule has 28 heavy (non-hydrogen) atoms. The fourth-order valence-corrected chi connectivity index (χ4v) is 4.50. The maximum atomic E-state index is 12.8. The number of fused-ring (bicyclic) bond motifs is 1. The van der Waals surface area contributed by atoms with E-state index in [0.29, 0.717) is 21.6 Å². The summed E-state index contributed by atoms with van der Waals surface area (Å²) in [6, 6.07) is 5.14. The zero-order valence-corrected chi connectivity index (χ0v) is 17.2. The second kappa shape index (κ2) is 7.52. The van der Waals surface area contributed by atoms with Gasteiger partial charge in [-0.25, -0.2) is 4.98 Å². The van der Waals surface area contributed by atoms with Crippen molar-refractivity contribution in [2.75, 3.05) is 23.3 Å². The first-order valence-electron chi connectivity index (χ1n) is 9.13. The highest BCUT2D eigenvalue weighted by atomic mass is 35.5. The summed E-state index contributed by atoms with van der Waals surface area (Å²) < 4.78 is 1.23. The summed E-state index contributed by atoms with van der Waals surface area (Å²) in [4.78, 5) is 32.4. The molecular formula is C19H20ClN5O2S. The summed E-state index contributed by atoms with van der Waals surface area (Å²) >= 11 is 7.32. The van der Waals surface area contributed by atoms with Gasteiger partial charge in [0.25, 0.3) is 11.5 Å². The first-order chi connectivity index (χ1) is 13.4. The van der Waals surface area contributed by atoms with Crippen molar-refractivity contribution in [2.45, 2.75) is 26.7 Å². The highest BCUT2D eigenvalue weighted by Gasteiger charge is 2.22. The number of nitrogens with one attached hydrogen (secondary N) is 1. The third-order valence-corrected chi connectivity index (χ3v) is 6.10. The number of amides is 1. The van der Waals surface area contributed by atoms with Crippen molar-refractivity contribution in [1.29, 1.82) is 0 Å². The van der Waals surface area contributed by atoms with Crippen LogP contribution in [0.2, 0.25) is 5.02 Å². The zero-order valence-electron chi connectivity index (χ0n) is 15.6. The lowest BCUT2D eigenvalue weighted by Crippen LogP contribution is -2.34. The van der Waals surface area contributed by atoms with E-state index >= 15 is 0 Å². The van der Waals surface area contributed by atoms with Crippen LogP contribution < -0.4 is 15.8 Å². The third kappa shape index (κ3) is 3.62. The summed E-state index contributed by atoms with van der Waals surface area (Å²) in [5.74, 6) is 0.0767. The van der Waals surface area contributed by atoms with Crippen LogP contribution in [0, 0.1) is 12.8 Å². The van der Waals surface area contributed by atoms with Gasteiger partial charge in [0, 0.05) is 30.0 Å². The fourth-order valence-electron chi connectivity index (χ4n) is 3.38. The summed E-state index contributed by atoms with van der Waals surface area (Å²) in [5, 5.41) is 8.54. The van der Waals surface area contributed by atoms with Crippen molar-refractivity contribution in [3.63, 3.8) is 0 Å². The number of hydrogen-bond donors (Lipinski definition) is 1. The maximum Gasteiger partial charge on any atom is 0.288 e. The zero-order chi connectivity index (χ0) is 19.8. The van der Waals surface area contributed by atoms with Crippen LogP contribution in [0.3, 0.4) is 0 Å². The van der Waals surface area contributed by atoms with E-state index in [0.717, 1.165) is 30.2 Å². The van der Waals surface area contributed by atoms with Crippen LogP contribution >= 0.6 is 22.9 Å². The highest BCUT2D eigenvalue weighted by Crippen LogP contribution is 2.26. The molecular weight excluding hydrogens is 398 g/mol. The molecule has 1 N–H and O–H groups in total. The molecule has 9 heteroatoms. The molecule has 2 aromatic heterocycles. The summed E-state index contributed by atoms with van der Waals surface area (Å²) in [6.45, 7) is 5.88. The lowest BCUT2D eigenvalue weighted by atomic mass is 10.0. The molecule has 0 radical (unpaired) electrons. The minimum absolute atomic E-state index is 0.0456. The molecule has 1 aromatic carbocycles. The van der Waals surface area contributed by atoms with Gasteiger partial charge in [-0.15, -0.1) is 5.10 Å². The van der Waals surface area contributed by atoms with E-state index < -0.39 is 11.5 Å². The van der Waals surface area contributed by atoms with Crippen molar-refractivity contribution < 1.29 is 4.79 Å². The van der Waals surface area contributed by atoms with Gasteiger partial charge in [0.1, 0.15) is 5.56 Å². The number of rotatable bonds is 3. The fraction of sp³-hybridized carbons (Fsp3) is 0.368. The molecule has 0 saturated carbocycles. The average molecular weight is 418 g/mol. The Morgan fingerprint density at radius 1 is 1.39 bits per heavy atom. The van der Waals surface area contributed by atoms with Crippen LogP contribution in [0.4, 0.5) is 10.8 Å². The molecule has 146 valence electrons. The number of benzene rings is 1. The Balaban J connectivity index is 1.63. The van der Waals surface area contributed by atoms with E-state index in [-0.39, 0.29) is 5.56 Å². The second-order valence-electron chi connectivity index (χ2n) is 7.16. The molecule has 7 nitrogen and oxygen atoms in total. The summed E-state index contributed by atoms with van der Waals surface area (Å²) in [7, 11) is 0. The molecule has 1 saturated heterocycles. The Morgan fingerprint density at radius 2 is 2.21 bits per heavy atom. The molecule has 1 fully saturated rings. The lowest BCUT2D eigenvalue weighted by molar-refractivity contribution is 0.102. The van der Waals surface area contributed by atoms with Crippen LogP contribution in [0.1, 0.15) is 35.7 Å². The number of halogens is 1. The molecule has 1 aliphatic rings. The topological polar surface area (TPSA) is 79.6 Å². The van der Waals surface area contributed by atoms with Gasteiger partial charge in [0.2, 0.25) is 10.1 Å². The predicted octanol–water partition coefficient (Wildman–Crippen LogP) is 3.60. The SMILES string of the molecule is Cc1cc(Cl)ccc1NC(=O)c1cnc2sc(N3CCC[C@@H](C)C3)nn2c1=O. The number of carbonyl (C=O) groups excluding carboxylic acids is 1. The Labute approximate surface area is 171 Å². The Morgan fingerprint density at radius 3 is 2.96 bits per heavy atom. The number of piperidine rings is 1. The van der Waals surface area contributed by atoms with Gasteiger partial charge in [-0.1, -0.05) is 29.9 Å². The number of hydrogen-bond acceptors (Lipinski definition) is 6. The van der Waals surface area contributed by atoms with Crippen molar-refractivity contribution in [1.82, 2.24) is 14.6 Å². The number of nitrogens with zero attached hydrogens (tertiary/aromatic N) is 4. The Bertz CT molecular complexity index is 1110. The first kappa shape index (κ1) is 18.9. The largest absolute Gasteiger partial charge is 0.346 e. The third-order valence-electron chi connectivity index (χ3n) is 4.88. The molecule has 1 aliphatic heterocycles. The van der Waals surface area contributed by atoms with Gasteiger partial charge in [-0.05, 0) is 49.4 Å². The normalized spacial score (nSPS) is 17.1. The lowest BCUT2D eigenvalue weighted by Gasteiger charge is -2.30. The van der Waals surface area contributed by atoms with Crippen molar-refractivity contribution in [3.05, 3.63) is 50.9 Å². The van der Waals surface area contributed by atoms with Gasteiger partial charge in [0.15, 0.2) is 0 Å². The predicted molar refractivity (Wildman–Crippen MR) is 112 cm³/mol. The number of carbonyl (C=O) groups is 1. The highest BCUT2D eigenvalue weighted by molar-refractivity contribution is 7.20. The van der Waals surface area contributed by atoms with Crippen LogP contribution in [-0.2, 0) is 0 Å². The molecule has 0 bridgehead atoms. The molecule has 3 aromatic rings. The second-order valence-corrected chi connectivity index (χ2v) is 8.53. The number of aromatic nitrogens is 3. The summed E-state index contributed by atoms with van der Waals surface area (Å²) in [5.41, 5.74) is 0.891. The summed E-state index contributed by atoms with van der Waals surface area (Å²) in [6.07, 6.45) is 3.63. The van der Waals surface area contributed by atoms with Crippen molar-refractivity contribution in [3.8, 4) is 0 Å². The number of aryl methyl sites for hydroxylation is 1. The minimum atomic E-state index is -0.515. The van der Waals surface area contributed by atoms with Gasteiger partial charge in [-0.3, -0.25) is 9.59 Å². The quantitative estimate of drug-likeness (QED) is 0.704. The Kier molecular flexibility index (Phi) is 5.07. The van der Waals surface area contributed by atoms with Crippen molar-refractivity contribution >= 4 is 44.6 Å². The van der Waals surface area contributed by atoms with Gasteiger partial charge >= 0.3 is 0 Å². The average Bonchev–Trinajstić information content (AvgIpc) is 3.09. The molecule has 3 heterocycles.